The van der Waals surface area contributed by atoms with Crippen molar-refractivity contribution in [2.45, 2.75) is 37.3 Å². The maximum absolute atomic E-state index is 12.9. The number of morpholine rings is 1. The summed E-state index contributed by atoms with van der Waals surface area (Å²) in [5.41, 5.74) is -1.49. The fourth-order valence-corrected chi connectivity index (χ4v) is 3.63. The third-order valence-electron chi connectivity index (χ3n) is 5.69. The molecular weight excluding hydrogens is 526 g/mol. The Labute approximate surface area is 213 Å². The molecular formula is C22H26F6N6O4. The summed E-state index contributed by atoms with van der Waals surface area (Å²) < 4.78 is 80.8. The van der Waals surface area contributed by atoms with Gasteiger partial charge in [-0.3, -0.25) is 20.4 Å². The molecule has 0 radical (unpaired) electrons. The number of carbonyl (C=O) groups excluding carboxylic acids is 3. The first-order chi connectivity index (χ1) is 17.7. The number of alkyl halides is 6. The molecule has 210 valence electrons. The van der Waals surface area contributed by atoms with E-state index in [2.05, 4.69) is 10.6 Å². The SMILES string of the molecule is CN/C(=C\C(=N)C(F)(F)F)C(=O)N1CCOC[C@@H]1CNC(C=O)C1=CC=C(C(=N)NC(=O)C(F)(F)F)CC1. The van der Waals surface area contributed by atoms with Gasteiger partial charge in [0.15, 0.2) is 0 Å². The third kappa shape index (κ3) is 8.24. The van der Waals surface area contributed by atoms with E-state index in [9.17, 15) is 40.7 Å². The molecule has 2 amide bonds. The van der Waals surface area contributed by atoms with E-state index in [4.69, 9.17) is 15.6 Å². The van der Waals surface area contributed by atoms with Crippen molar-refractivity contribution in [3.05, 3.63) is 35.1 Å². The second kappa shape index (κ2) is 12.8. The van der Waals surface area contributed by atoms with Crippen molar-refractivity contribution in [2.24, 2.45) is 0 Å². The molecule has 0 aromatic rings. The van der Waals surface area contributed by atoms with Gasteiger partial charge in [0.1, 0.15) is 23.5 Å². The minimum atomic E-state index is -5.14. The second-order valence-corrected chi connectivity index (χ2v) is 8.23. The quantitative estimate of drug-likeness (QED) is 0.0960. The van der Waals surface area contributed by atoms with Crippen LogP contribution in [0.2, 0.25) is 0 Å². The number of allylic oxidation sites excluding steroid dienone is 3. The minimum Gasteiger partial charge on any atom is -0.384 e. The topological polar surface area (TPSA) is 147 Å². The third-order valence-corrected chi connectivity index (χ3v) is 5.69. The summed E-state index contributed by atoms with van der Waals surface area (Å²) in [5.74, 6) is -3.77. The van der Waals surface area contributed by atoms with Crippen molar-refractivity contribution in [1.82, 2.24) is 20.9 Å². The lowest BCUT2D eigenvalue weighted by Gasteiger charge is -2.37. The Morgan fingerprint density at radius 1 is 1.16 bits per heavy atom. The molecule has 10 nitrogen and oxygen atoms in total. The molecule has 38 heavy (non-hydrogen) atoms. The van der Waals surface area contributed by atoms with Gasteiger partial charge < -0.3 is 30.4 Å². The number of carbonyl (C=O) groups is 3. The Hall–Kier alpha value is -3.53. The van der Waals surface area contributed by atoms with Crippen LogP contribution in [0.1, 0.15) is 12.8 Å². The molecule has 0 saturated carbocycles. The van der Waals surface area contributed by atoms with Gasteiger partial charge in [0.05, 0.1) is 25.3 Å². The van der Waals surface area contributed by atoms with Gasteiger partial charge in [-0.15, -0.1) is 0 Å². The van der Waals surface area contributed by atoms with Gasteiger partial charge in [-0.2, -0.15) is 26.3 Å². The highest BCUT2D eigenvalue weighted by atomic mass is 19.4. The van der Waals surface area contributed by atoms with Crippen molar-refractivity contribution in [2.75, 3.05) is 33.4 Å². The summed E-state index contributed by atoms with van der Waals surface area (Å²) in [5, 5.41) is 21.6. The molecule has 2 rings (SSSR count). The van der Waals surface area contributed by atoms with Crippen LogP contribution in [0.3, 0.4) is 0 Å². The smallest absolute Gasteiger partial charge is 0.384 e. The van der Waals surface area contributed by atoms with Crippen LogP contribution in [-0.4, -0.2) is 92.3 Å². The van der Waals surface area contributed by atoms with Gasteiger partial charge in [-0.05, 0) is 30.1 Å². The number of nitrogens with one attached hydrogen (secondary N) is 5. The number of rotatable bonds is 9. The number of amidine groups is 1. The van der Waals surface area contributed by atoms with Crippen LogP contribution in [-0.2, 0) is 19.1 Å². The maximum atomic E-state index is 12.9. The summed E-state index contributed by atoms with van der Waals surface area (Å²) in [7, 11) is 1.25. The van der Waals surface area contributed by atoms with E-state index in [1.807, 2.05) is 0 Å². The fraction of sp³-hybridized carbons (Fsp3) is 0.500. The Morgan fingerprint density at radius 2 is 1.84 bits per heavy atom. The van der Waals surface area contributed by atoms with Gasteiger partial charge in [-0.1, -0.05) is 12.2 Å². The zero-order valence-corrected chi connectivity index (χ0v) is 20.1. The summed E-state index contributed by atoms with van der Waals surface area (Å²) >= 11 is 0. The lowest BCUT2D eigenvalue weighted by atomic mass is 9.93. The zero-order chi connectivity index (χ0) is 28.7. The first kappa shape index (κ1) is 30.7. The van der Waals surface area contributed by atoms with E-state index in [1.54, 1.807) is 0 Å². The van der Waals surface area contributed by atoms with Crippen molar-refractivity contribution in [3.63, 3.8) is 0 Å². The predicted molar refractivity (Wildman–Crippen MR) is 122 cm³/mol. The highest BCUT2D eigenvalue weighted by molar-refractivity contribution is 6.07. The number of ether oxygens (including phenoxy) is 1. The molecule has 1 aliphatic carbocycles. The van der Waals surface area contributed by atoms with Crippen LogP contribution in [0.4, 0.5) is 26.3 Å². The van der Waals surface area contributed by atoms with Crippen molar-refractivity contribution >= 4 is 29.6 Å². The monoisotopic (exact) mass is 552 g/mol. The van der Waals surface area contributed by atoms with Crippen LogP contribution < -0.4 is 16.0 Å². The summed E-state index contributed by atoms with van der Waals surface area (Å²) in [6.45, 7) is 0.212. The van der Waals surface area contributed by atoms with Crippen LogP contribution in [0, 0.1) is 10.8 Å². The van der Waals surface area contributed by atoms with Crippen molar-refractivity contribution in [3.8, 4) is 0 Å². The first-order valence-electron chi connectivity index (χ1n) is 11.2. The number of halogens is 6. The number of hydrogen-bond acceptors (Lipinski definition) is 8. The molecule has 0 aromatic heterocycles. The highest BCUT2D eigenvalue weighted by Crippen LogP contribution is 2.22. The average Bonchev–Trinajstić information content (AvgIpc) is 2.86. The number of hydrogen-bond donors (Lipinski definition) is 5. The van der Waals surface area contributed by atoms with E-state index < -0.39 is 53.5 Å². The Balaban J connectivity index is 2.08. The van der Waals surface area contributed by atoms with Gasteiger partial charge in [0.2, 0.25) is 0 Å². The average molecular weight is 552 g/mol. The van der Waals surface area contributed by atoms with Crippen LogP contribution in [0.15, 0.2) is 35.1 Å². The van der Waals surface area contributed by atoms with E-state index in [0.717, 1.165) is 0 Å². The molecule has 0 bridgehead atoms. The Bertz CT molecular complexity index is 1050. The Kier molecular flexibility index (Phi) is 10.4. The van der Waals surface area contributed by atoms with Crippen LogP contribution in [0.5, 0.6) is 0 Å². The normalized spacial score (nSPS) is 19.6. The molecule has 0 spiro atoms. The number of amides is 2. The number of nitrogens with zero attached hydrogens (tertiary/aromatic N) is 1. The molecule has 5 N–H and O–H groups in total. The highest BCUT2D eigenvalue weighted by Gasteiger charge is 2.39. The van der Waals surface area contributed by atoms with Gasteiger partial charge >= 0.3 is 18.3 Å². The number of likely N-dealkylation sites (N-methyl/N-ethyl adjacent to an activating group) is 1. The largest absolute Gasteiger partial charge is 0.471 e. The molecule has 1 unspecified atom stereocenters. The maximum Gasteiger partial charge on any atom is 0.471 e. The van der Waals surface area contributed by atoms with Gasteiger partial charge in [0, 0.05) is 20.1 Å². The number of aldehydes is 1. The first-order valence-corrected chi connectivity index (χ1v) is 11.2. The van der Waals surface area contributed by atoms with Gasteiger partial charge in [0.25, 0.3) is 5.91 Å². The molecule has 16 heteroatoms. The zero-order valence-electron chi connectivity index (χ0n) is 20.1. The van der Waals surface area contributed by atoms with E-state index in [1.165, 1.54) is 29.4 Å². The van der Waals surface area contributed by atoms with E-state index in [-0.39, 0.29) is 44.7 Å². The summed E-state index contributed by atoms with van der Waals surface area (Å²) in [6, 6.07) is -1.54. The molecule has 1 saturated heterocycles. The molecule has 2 aliphatic rings. The molecule has 1 fully saturated rings. The molecule has 0 aromatic carbocycles. The minimum absolute atomic E-state index is 0.00816. The molecule has 2 atom stereocenters. The second-order valence-electron chi connectivity index (χ2n) is 8.23. The van der Waals surface area contributed by atoms with Crippen LogP contribution >= 0.6 is 0 Å². The van der Waals surface area contributed by atoms with Crippen molar-refractivity contribution < 1.29 is 45.5 Å². The lowest BCUT2D eigenvalue weighted by molar-refractivity contribution is -0.171. The predicted octanol–water partition coefficient (Wildman–Crippen LogP) is 1.36. The molecule has 1 heterocycles. The van der Waals surface area contributed by atoms with E-state index in [0.29, 0.717) is 17.9 Å². The summed E-state index contributed by atoms with van der Waals surface area (Å²) in [4.78, 5) is 36.9. The fourth-order valence-electron chi connectivity index (χ4n) is 3.63. The molecule has 1 aliphatic heterocycles. The van der Waals surface area contributed by atoms with Gasteiger partial charge in [-0.25, -0.2) is 0 Å². The Morgan fingerprint density at radius 3 is 2.37 bits per heavy atom. The van der Waals surface area contributed by atoms with Crippen molar-refractivity contribution in [1.29, 1.82) is 10.8 Å². The lowest BCUT2D eigenvalue weighted by Crippen LogP contribution is -2.55. The van der Waals surface area contributed by atoms with E-state index >= 15 is 0 Å². The standard InChI is InChI=1S/C22H26F6N6O4/c1-31-15(8-17(29)21(23,24)25)19(36)34-6-7-38-11-14(34)9-32-16(10-35)12-2-4-13(5-3-12)18(30)33-20(37)22(26,27)28/h2,4,8,10,14,16,29,31-32H,3,5-7,9,11H2,1H3,(H2,30,33,37)/b15-8-,29-17?/t14-,16?/m0/s1. The van der Waals surface area contributed by atoms with Crippen LogP contribution in [0.25, 0.3) is 0 Å². The summed E-state index contributed by atoms with van der Waals surface area (Å²) in [6.07, 6.45) is -6.11.